The zero-order valence-electron chi connectivity index (χ0n) is 5.50. The van der Waals surface area contributed by atoms with Crippen LogP contribution in [0, 0.1) is 0 Å². The van der Waals surface area contributed by atoms with E-state index in [-0.39, 0.29) is 0 Å². The molecule has 1 aromatic carbocycles. The summed E-state index contributed by atoms with van der Waals surface area (Å²) >= 11 is 6.97. The molecule has 0 spiro atoms. The second-order valence-corrected chi connectivity index (χ2v) is 2.64. The molecule has 0 amide bonds. The fraction of sp³-hybridized carbons (Fsp3) is 0.143. The average molecular weight is 175 g/mol. The third kappa shape index (κ3) is 2.12. The molecule has 1 nitrogen and oxygen atoms in total. The monoisotopic (exact) mass is 174 g/mol. The van der Waals surface area contributed by atoms with Gasteiger partial charge in [-0.3, -0.25) is 0 Å². The molecule has 10 heavy (non-hydrogen) atoms. The lowest BCUT2D eigenvalue weighted by Gasteiger charge is -1.98. The fourth-order valence-corrected chi connectivity index (χ4v) is 1.02. The SMILES string of the molecule is CSOc1ccc(Cl)cc1. The van der Waals surface area contributed by atoms with E-state index in [1.54, 1.807) is 12.1 Å². The van der Waals surface area contributed by atoms with Crippen LogP contribution >= 0.6 is 23.6 Å². The summed E-state index contributed by atoms with van der Waals surface area (Å²) in [4.78, 5) is 0. The predicted molar refractivity (Wildman–Crippen MR) is 45.6 cm³/mol. The van der Waals surface area contributed by atoms with Gasteiger partial charge in [0.2, 0.25) is 0 Å². The van der Waals surface area contributed by atoms with Crippen LogP contribution in [-0.4, -0.2) is 6.26 Å². The van der Waals surface area contributed by atoms with Crippen molar-refractivity contribution in [3.05, 3.63) is 29.3 Å². The van der Waals surface area contributed by atoms with E-state index in [9.17, 15) is 0 Å². The summed E-state index contributed by atoms with van der Waals surface area (Å²) in [7, 11) is 0. The van der Waals surface area contributed by atoms with Gasteiger partial charge in [-0.15, -0.1) is 0 Å². The first-order valence-electron chi connectivity index (χ1n) is 2.79. The maximum atomic E-state index is 5.65. The standard InChI is InChI=1S/C7H7ClOS/c1-10-9-7-4-2-6(8)3-5-7/h2-5H,1H3. The van der Waals surface area contributed by atoms with Gasteiger partial charge in [0.05, 0.1) is 12.0 Å². The zero-order valence-corrected chi connectivity index (χ0v) is 7.08. The van der Waals surface area contributed by atoms with Crippen molar-refractivity contribution in [2.75, 3.05) is 6.26 Å². The molecule has 1 rings (SSSR count). The number of rotatable bonds is 2. The van der Waals surface area contributed by atoms with Gasteiger partial charge < -0.3 is 4.18 Å². The summed E-state index contributed by atoms with van der Waals surface area (Å²) in [6.45, 7) is 0. The molecule has 0 atom stereocenters. The van der Waals surface area contributed by atoms with Crippen LogP contribution in [0.5, 0.6) is 5.75 Å². The van der Waals surface area contributed by atoms with Gasteiger partial charge in [-0.05, 0) is 24.3 Å². The Labute approximate surface area is 69.5 Å². The molecule has 0 N–H and O–H groups in total. The Hall–Kier alpha value is -0.340. The van der Waals surface area contributed by atoms with Crippen molar-refractivity contribution in [1.29, 1.82) is 0 Å². The van der Waals surface area contributed by atoms with Crippen molar-refractivity contribution in [2.45, 2.75) is 0 Å². The second-order valence-electron chi connectivity index (χ2n) is 1.70. The van der Waals surface area contributed by atoms with Crippen molar-refractivity contribution < 1.29 is 4.18 Å². The summed E-state index contributed by atoms with van der Waals surface area (Å²) < 4.78 is 5.12. The molecule has 0 radical (unpaired) electrons. The van der Waals surface area contributed by atoms with E-state index in [1.165, 1.54) is 12.0 Å². The Bertz CT molecular complexity index is 197. The summed E-state index contributed by atoms with van der Waals surface area (Å²) in [5, 5.41) is 0.730. The first kappa shape index (κ1) is 7.76. The molecule has 0 saturated carbocycles. The molecule has 3 heteroatoms. The van der Waals surface area contributed by atoms with Crippen LogP contribution < -0.4 is 4.18 Å². The maximum absolute atomic E-state index is 5.65. The molecule has 1 aromatic rings. The van der Waals surface area contributed by atoms with Crippen molar-refractivity contribution in [2.24, 2.45) is 0 Å². The van der Waals surface area contributed by atoms with Crippen LogP contribution in [0.2, 0.25) is 5.02 Å². The first-order valence-corrected chi connectivity index (χ1v) is 4.32. The number of benzene rings is 1. The van der Waals surface area contributed by atoms with Gasteiger partial charge in [-0.1, -0.05) is 11.6 Å². The van der Waals surface area contributed by atoms with Crippen LogP contribution in [0.3, 0.4) is 0 Å². The fourth-order valence-electron chi connectivity index (χ4n) is 0.586. The Morgan fingerprint density at radius 2 is 1.90 bits per heavy atom. The summed E-state index contributed by atoms with van der Waals surface area (Å²) in [6, 6.07) is 7.26. The van der Waals surface area contributed by atoms with Crippen LogP contribution in [0.15, 0.2) is 24.3 Å². The molecule has 0 aliphatic rings. The van der Waals surface area contributed by atoms with E-state index >= 15 is 0 Å². The zero-order chi connectivity index (χ0) is 7.40. The van der Waals surface area contributed by atoms with Crippen LogP contribution in [-0.2, 0) is 0 Å². The van der Waals surface area contributed by atoms with E-state index in [0.717, 1.165) is 10.8 Å². The maximum Gasteiger partial charge on any atom is 0.137 e. The molecule has 0 saturated heterocycles. The summed E-state index contributed by atoms with van der Waals surface area (Å²) in [5.74, 6) is 0.830. The third-order valence-corrected chi connectivity index (χ3v) is 1.60. The molecule has 0 heterocycles. The van der Waals surface area contributed by atoms with E-state index in [0.29, 0.717) is 0 Å². The number of hydrogen-bond acceptors (Lipinski definition) is 2. The number of halogens is 1. The second kappa shape index (κ2) is 3.74. The minimum absolute atomic E-state index is 0.730. The van der Waals surface area contributed by atoms with Gasteiger partial charge in [-0.2, -0.15) is 0 Å². The summed E-state index contributed by atoms with van der Waals surface area (Å²) in [5.41, 5.74) is 0. The molecule has 0 fully saturated rings. The lowest BCUT2D eigenvalue weighted by atomic mass is 10.3. The van der Waals surface area contributed by atoms with Gasteiger partial charge in [0.25, 0.3) is 0 Å². The molecular weight excluding hydrogens is 168 g/mol. The van der Waals surface area contributed by atoms with Crippen LogP contribution in [0.4, 0.5) is 0 Å². The molecule has 0 aliphatic heterocycles. The van der Waals surface area contributed by atoms with E-state index in [4.69, 9.17) is 15.8 Å². The highest BCUT2D eigenvalue weighted by Gasteiger charge is 1.90. The largest absolute Gasteiger partial charge is 0.426 e. The van der Waals surface area contributed by atoms with E-state index in [2.05, 4.69) is 0 Å². The minimum Gasteiger partial charge on any atom is -0.426 e. The highest BCUT2D eigenvalue weighted by Crippen LogP contribution is 2.17. The molecule has 54 valence electrons. The highest BCUT2D eigenvalue weighted by atomic mass is 35.5. The predicted octanol–water partition coefficient (Wildman–Crippen LogP) is 3.00. The first-order chi connectivity index (χ1) is 4.83. The lowest BCUT2D eigenvalue weighted by molar-refractivity contribution is 0.650. The molecule has 0 aliphatic carbocycles. The summed E-state index contributed by atoms with van der Waals surface area (Å²) in [6.07, 6.45) is 1.87. The van der Waals surface area contributed by atoms with Gasteiger partial charge in [0, 0.05) is 11.3 Å². The smallest absolute Gasteiger partial charge is 0.137 e. The molecule has 0 bridgehead atoms. The Balaban J connectivity index is 2.69. The normalized spacial score (nSPS) is 9.40. The van der Waals surface area contributed by atoms with Crippen LogP contribution in [0.1, 0.15) is 0 Å². The Kier molecular flexibility index (Phi) is 2.90. The lowest BCUT2D eigenvalue weighted by Crippen LogP contribution is -1.76. The van der Waals surface area contributed by atoms with Gasteiger partial charge in [0.1, 0.15) is 5.75 Å². The quantitative estimate of drug-likeness (QED) is 0.638. The van der Waals surface area contributed by atoms with Crippen LogP contribution in [0.25, 0.3) is 0 Å². The molecule has 0 aromatic heterocycles. The highest BCUT2D eigenvalue weighted by molar-refractivity contribution is 7.94. The van der Waals surface area contributed by atoms with Gasteiger partial charge in [-0.25, -0.2) is 0 Å². The van der Waals surface area contributed by atoms with Crippen molar-refractivity contribution in [1.82, 2.24) is 0 Å². The Morgan fingerprint density at radius 3 is 2.40 bits per heavy atom. The average Bonchev–Trinajstić information content (AvgIpc) is 1.95. The van der Waals surface area contributed by atoms with Crippen molar-refractivity contribution in [3.63, 3.8) is 0 Å². The minimum atomic E-state index is 0.730. The van der Waals surface area contributed by atoms with Crippen molar-refractivity contribution >= 4 is 23.6 Å². The van der Waals surface area contributed by atoms with E-state index in [1.807, 2.05) is 18.4 Å². The Morgan fingerprint density at radius 1 is 1.30 bits per heavy atom. The molecular formula is C7H7ClOS. The molecule has 0 unspecified atom stereocenters. The number of hydrogen-bond donors (Lipinski definition) is 0. The topological polar surface area (TPSA) is 9.23 Å². The van der Waals surface area contributed by atoms with E-state index < -0.39 is 0 Å². The van der Waals surface area contributed by atoms with Gasteiger partial charge >= 0.3 is 0 Å². The van der Waals surface area contributed by atoms with Gasteiger partial charge in [0.15, 0.2) is 0 Å². The third-order valence-electron chi connectivity index (χ3n) is 0.993. The van der Waals surface area contributed by atoms with Crippen molar-refractivity contribution in [3.8, 4) is 5.75 Å².